The number of nitrogens with zero attached hydrogens (tertiary/aromatic N) is 1. The minimum atomic E-state index is -0.798. The number of hydrogen-bond donors (Lipinski definition) is 1. The molecule has 2 saturated heterocycles. The fourth-order valence-corrected chi connectivity index (χ4v) is 4.34. The lowest BCUT2D eigenvalue weighted by atomic mass is 9.78. The van der Waals surface area contributed by atoms with E-state index >= 15 is 0 Å². The van der Waals surface area contributed by atoms with Crippen LogP contribution in [-0.4, -0.2) is 52.3 Å². The Hall–Kier alpha value is -0.910. The first kappa shape index (κ1) is 14.5. The van der Waals surface area contributed by atoms with Gasteiger partial charge in [0.2, 0.25) is 0 Å². The minimum absolute atomic E-state index is 0.257. The van der Waals surface area contributed by atoms with Crippen LogP contribution in [-0.2, 0) is 9.53 Å². The topological polar surface area (TPSA) is 66.8 Å². The molecule has 2 rings (SSSR count). The number of likely N-dealkylation sites (tertiary alicyclic amines) is 1. The number of amides is 1. The van der Waals surface area contributed by atoms with Gasteiger partial charge in [-0.3, -0.25) is 4.79 Å². The number of carbonyl (C=O) groups excluding carboxylic acids is 1. The fraction of sp³-hybridized carbons (Fsp3) is 0.846. The number of carboxylic acids is 1. The van der Waals surface area contributed by atoms with Gasteiger partial charge in [0, 0.05) is 24.3 Å². The molecular weight excluding hydrogens is 266 g/mol. The van der Waals surface area contributed by atoms with Crippen molar-refractivity contribution in [3.63, 3.8) is 0 Å². The van der Waals surface area contributed by atoms with Crippen molar-refractivity contribution in [3.05, 3.63) is 0 Å². The summed E-state index contributed by atoms with van der Waals surface area (Å²) in [5, 5.41) is 9.38. The van der Waals surface area contributed by atoms with Crippen molar-refractivity contribution in [1.82, 2.24) is 4.90 Å². The maximum atomic E-state index is 12.1. The molecule has 2 atom stereocenters. The van der Waals surface area contributed by atoms with Crippen LogP contribution in [0.15, 0.2) is 0 Å². The van der Waals surface area contributed by atoms with Crippen LogP contribution in [0.4, 0.5) is 4.79 Å². The van der Waals surface area contributed by atoms with Crippen LogP contribution < -0.4 is 0 Å². The maximum Gasteiger partial charge on any atom is 0.410 e. The second-order valence-electron chi connectivity index (χ2n) is 6.42. The zero-order valence-electron chi connectivity index (χ0n) is 11.6. The van der Waals surface area contributed by atoms with Crippen molar-refractivity contribution < 1.29 is 19.4 Å². The Bertz CT molecular complexity index is 385. The third-order valence-electron chi connectivity index (χ3n) is 3.73. The average Bonchev–Trinajstić information content (AvgIpc) is 2.84. The van der Waals surface area contributed by atoms with E-state index in [4.69, 9.17) is 4.74 Å². The van der Waals surface area contributed by atoms with Gasteiger partial charge in [-0.2, -0.15) is 11.8 Å². The molecule has 1 N–H and O–H groups in total. The van der Waals surface area contributed by atoms with Gasteiger partial charge in [0.05, 0.1) is 5.92 Å². The number of carbonyl (C=O) groups is 2. The summed E-state index contributed by atoms with van der Waals surface area (Å²) in [5.74, 6) is 0.540. The Morgan fingerprint density at radius 3 is 2.58 bits per heavy atom. The van der Waals surface area contributed by atoms with Crippen LogP contribution in [0.5, 0.6) is 0 Å². The number of carboxylic acid groups (broad SMARTS) is 1. The minimum Gasteiger partial charge on any atom is -0.481 e. The van der Waals surface area contributed by atoms with E-state index in [1.807, 2.05) is 20.8 Å². The molecule has 6 heteroatoms. The molecule has 0 bridgehead atoms. The largest absolute Gasteiger partial charge is 0.481 e. The Kier molecular flexibility index (Phi) is 3.73. The normalized spacial score (nSPS) is 30.9. The molecule has 108 valence electrons. The van der Waals surface area contributed by atoms with E-state index in [2.05, 4.69) is 0 Å². The van der Waals surface area contributed by atoms with Crippen LogP contribution in [0, 0.1) is 11.3 Å². The van der Waals surface area contributed by atoms with Gasteiger partial charge in [-0.1, -0.05) is 0 Å². The molecule has 0 aromatic carbocycles. The molecule has 5 nitrogen and oxygen atoms in total. The van der Waals surface area contributed by atoms with Crippen LogP contribution >= 0.6 is 11.8 Å². The molecule has 2 heterocycles. The molecule has 0 aliphatic carbocycles. The first-order valence-corrected chi connectivity index (χ1v) is 7.67. The lowest BCUT2D eigenvalue weighted by Crippen LogP contribution is -2.37. The zero-order valence-corrected chi connectivity index (χ0v) is 12.5. The standard InChI is InChI=1S/C13H21NO4S/c1-12(2,3)18-11(17)14-6-9(10(15)16)13(7-14)4-5-19-8-13/h9H,4-8H2,1-3H3,(H,15,16). The van der Waals surface area contributed by atoms with Gasteiger partial charge in [-0.15, -0.1) is 0 Å². The van der Waals surface area contributed by atoms with Crippen molar-refractivity contribution in [1.29, 1.82) is 0 Å². The Morgan fingerprint density at radius 1 is 1.42 bits per heavy atom. The highest BCUT2D eigenvalue weighted by atomic mass is 32.2. The van der Waals surface area contributed by atoms with E-state index in [9.17, 15) is 14.7 Å². The Balaban J connectivity index is 2.10. The molecule has 2 aliphatic heterocycles. The molecule has 0 radical (unpaired) electrons. The summed E-state index contributed by atoms with van der Waals surface area (Å²) < 4.78 is 5.34. The number of aliphatic carboxylic acids is 1. The molecule has 2 fully saturated rings. The van der Waals surface area contributed by atoms with E-state index in [-0.39, 0.29) is 12.0 Å². The molecule has 0 aromatic heterocycles. The van der Waals surface area contributed by atoms with Crippen LogP contribution in [0.3, 0.4) is 0 Å². The fourth-order valence-electron chi connectivity index (χ4n) is 2.80. The van der Waals surface area contributed by atoms with Crippen molar-refractivity contribution in [2.45, 2.75) is 32.8 Å². The van der Waals surface area contributed by atoms with Gasteiger partial charge in [-0.05, 0) is 32.9 Å². The molecule has 1 amide bonds. The maximum absolute atomic E-state index is 12.1. The van der Waals surface area contributed by atoms with E-state index in [1.54, 1.807) is 16.7 Å². The average molecular weight is 287 g/mol. The third kappa shape index (κ3) is 2.99. The number of hydrogen-bond acceptors (Lipinski definition) is 4. The van der Waals surface area contributed by atoms with Gasteiger partial charge in [-0.25, -0.2) is 4.79 Å². The van der Waals surface area contributed by atoms with E-state index in [0.29, 0.717) is 6.54 Å². The predicted molar refractivity (Wildman–Crippen MR) is 73.3 cm³/mol. The van der Waals surface area contributed by atoms with Crippen molar-refractivity contribution >= 4 is 23.8 Å². The summed E-state index contributed by atoms with van der Waals surface area (Å²) in [6, 6.07) is 0. The number of rotatable bonds is 1. The number of thioether (sulfide) groups is 1. The summed E-state index contributed by atoms with van der Waals surface area (Å²) in [6.45, 7) is 6.22. The van der Waals surface area contributed by atoms with E-state index in [0.717, 1.165) is 17.9 Å². The highest BCUT2D eigenvalue weighted by Crippen LogP contribution is 2.47. The third-order valence-corrected chi connectivity index (χ3v) is 5.00. The lowest BCUT2D eigenvalue weighted by molar-refractivity contribution is -0.144. The summed E-state index contributed by atoms with van der Waals surface area (Å²) in [5.41, 5.74) is -0.802. The van der Waals surface area contributed by atoms with Crippen molar-refractivity contribution in [3.8, 4) is 0 Å². The summed E-state index contributed by atoms with van der Waals surface area (Å²) in [6.07, 6.45) is 0.473. The first-order chi connectivity index (χ1) is 8.73. The lowest BCUT2D eigenvalue weighted by Gasteiger charge is -2.27. The quantitative estimate of drug-likeness (QED) is 0.799. The zero-order chi connectivity index (χ0) is 14.3. The highest BCUT2D eigenvalue weighted by molar-refractivity contribution is 7.99. The Morgan fingerprint density at radius 2 is 2.11 bits per heavy atom. The monoisotopic (exact) mass is 287 g/mol. The van der Waals surface area contributed by atoms with Crippen molar-refractivity contribution in [2.24, 2.45) is 11.3 Å². The van der Waals surface area contributed by atoms with Crippen molar-refractivity contribution in [2.75, 3.05) is 24.6 Å². The Labute approximate surface area is 117 Å². The molecule has 0 saturated carbocycles. The number of ether oxygens (including phenoxy) is 1. The smallest absolute Gasteiger partial charge is 0.410 e. The van der Waals surface area contributed by atoms with E-state index < -0.39 is 23.6 Å². The molecule has 2 aliphatic rings. The second kappa shape index (κ2) is 4.89. The van der Waals surface area contributed by atoms with Gasteiger partial charge in [0.25, 0.3) is 0 Å². The summed E-state index contributed by atoms with van der Waals surface area (Å²) in [7, 11) is 0. The SMILES string of the molecule is CC(C)(C)OC(=O)N1CC(C(=O)O)C2(CCSC2)C1. The first-order valence-electron chi connectivity index (χ1n) is 6.52. The molecule has 19 heavy (non-hydrogen) atoms. The summed E-state index contributed by atoms with van der Waals surface area (Å²) >= 11 is 1.78. The van der Waals surface area contributed by atoms with Gasteiger partial charge >= 0.3 is 12.1 Å². The van der Waals surface area contributed by atoms with Gasteiger partial charge < -0.3 is 14.7 Å². The molecule has 1 spiro atoms. The van der Waals surface area contributed by atoms with Gasteiger partial charge in [0.15, 0.2) is 0 Å². The molecule has 2 unspecified atom stereocenters. The second-order valence-corrected chi connectivity index (χ2v) is 7.52. The predicted octanol–water partition coefficient (Wildman–Crippen LogP) is 2.06. The van der Waals surface area contributed by atoms with Crippen LogP contribution in [0.1, 0.15) is 27.2 Å². The molecular formula is C13H21NO4S. The van der Waals surface area contributed by atoms with E-state index in [1.165, 1.54) is 0 Å². The van der Waals surface area contributed by atoms with Crippen LogP contribution in [0.2, 0.25) is 0 Å². The molecule has 0 aromatic rings. The van der Waals surface area contributed by atoms with Gasteiger partial charge in [0.1, 0.15) is 5.60 Å². The van der Waals surface area contributed by atoms with Crippen LogP contribution in [0.25, 0.3) is 0 Å². The highest BCUT2D eigenvalue weighted by Gasteiger charge is 2.53. The summed E-state index contributed by atoms with van der Waals surface area (Å²) in [4.78, 5) is 25.1.